The van der Waals surface area contributed by atoms with E-state index in [4.69, 9.17) is 4.74 Å². The van der Waals surface area contributed by atoms with E-state index in [2.05, 4.69) is 9.98 Å². The molecular weight excluding hydrogens is 527 g/mol. The van der Waals surface area contributed by atoms with Gasteiger partial charge < -0.3 is 9.64 Å². The molecule has 0 N–H and O–H groups in total. The number of amidine groups is 1. The topological polar surface area (TPSA) is 95.4 Å². The number of pyridine rings is 1. The van der Waals surface area contributed by atoms with Gasteiger partial charge in [0, 0.05) is 36.8 Å². The first-order valence-electron chi connectivity index (χ1n) is 12.6. The Morgan fingerprint density at radius 3 is 2.48 bits per heavy atom. The molecule has 2 aliphatic heterocycles. The molecule has 0 aliphatic carbocycles. The number of fused-ring (bicyclic) bond motifs is 1. The Balaban J connectivity index is 1.41. The maximum atomic E-state index is 13.3. The summed E-state index contributed by atoms with van der Waals surface area (Å²) in [6, 6.07) is 17.2. The van der Waals surface area contributed by atoms with Crippen LogP contribution >= 0.6 is 0 Å². The summed E-state index contributed by atoms with van der Waals surface area (Å²) >= 11 is 0. The van der Waals surface area contributed by atoms with Crippen molar-refractivity contribution in [1.29, 1.82) is 0 Å². The summed E-state index contributed by atoms with van der Waals surface area (Å²) in [5.74, 6) is -2.44. The van der Waals surface area contributed by atoms with Gasteiger partial charge in [0.25, 0.3) is 0 Å². The molecule has 3 amide bonds. The first-order valence-corrected chi connectivity index (χ1v) is 12.6. The van der Waals surface area contributed by atoms with Gasteiger partial charge in [0.05, 0.1) is 12.6 Å². The second kappa shape index (κ2) is 10.9. The van der Waals surface area contributed by atoms with Gasteiger partial charge in [0.15, 0.2) is 0 Å². The quantitative estimate of drug-likeness (QED) is 0.488. The van der Waals surface area contributed by atoms with Crippen molar-refractivity contribution in [1.82, 2.24) is 19.7 Å². The normalized spacial score (nSPS) is 18.1. The smallest absolute Gasteiger partial charge is 0.453 e. The Hall–Kier alpha value is -4.48. The van der Waals surface area contributed by atoms with Crippen LogP contribution in [0, 0.1) is 5.92 Å². The first kappa shape index (κ1) is 27.1. The van der Waals surface area contributed by atoms with Crippen molar-refractivity contribution >= 4 is 34.6 Å². The standard InChI is InChI=1S/C28H26F3N5O4/c1-40-27(39)35-16-24(37)36(15-18-10-12-34(14-18)26(38)28(29,30)31)25(33-17-35)21-7-4-19(5-8-21)22-9-6-20-3-2-11-32-23(20)13-22/h2-9,11,13,18H,10,12,14-17H2,1H3. The fourth-order valence-corrected chi connectivity index (χ4v) is 5.00. The SMILES string of the molecule is COC(=O)N1CN=C(c2ccc(-c3ccc4cccnc4c3)cc2)N(CC2CCN(C(=O)C(F)(F)F)C2)C(=O)C1. The lowest BCUT2D eigenvalue weighted by atomic mass is 10.0. The Morgan fingerprint density at radius 1 is 1.02 bits per heavy atom. The van der Waals surface area contributed by atoms with Crippen LogP contribution in [0.15, 0.2) is 65.8 Å². The minimum Gasteiger partial charge on any atom is -0.453 e. The second-order valence-electron chi connectivity index (χ2n) is 9.69. The molecule has 3 heterocycles. The number of halogens is 3. The lowest BCUT2D eigenvalue weighted by Crippen LogP contribution is -2.45. The number of benzene rings is 2. The summed E-state index contributed by atoms with van der Waals surface area (Å²) in [6.07, 6.45) is -3.65. The van der Waals surface area contributed by atoms with Gasteiger partial charge >= 0.3 is 18.2 Å². The summed E-state index contributed by atoms with van der Waals surface area (Å²) in [5, 5.41) is 1.02. The minimum absolute atomic E-state index is 0.0480. The van der Waals surface area contributed by atoms with Gasteiger partial charge in [-0.2, -0.15) is 13.2 Å². The molecule has 0 saturated carbocycles. The molecule has 3 aromatic rings. The average molecular weight is 554 g/mol. The highest BCUT2D eigenvalue weighted by Gasteiger charge is 2.45. The van der Waals surface area contributed by atoms with Gasteiger partial charge in [0.1, 0.15) is 19.0 Å². The Kier molecular flexibility index (Phi) is 7.42. The molecule has 1 aromatic heterocycles. The first-order chi connectivity index (χ1) is 19.1. The number of amides is 3. The minimum atomic E-state index is -4.95. The van der Waals surface area contributed by atoms with Crippen LogP contribution in [0.3, 0.4) is 0 Å². The molecule has 1 atom stereocenters. The van der Waals surface area contributed by atoms with E-state index >= 15 is 0 Å². The number of hydrogen-bond acceptors (Lipinski definition) is 6. The predicted octanol–water partition coefficient (Wildman–Crippen LogP) is 3.93. The van der Waals surface area contributed by atoms with Crippen molar-refractivity contribution in [3.8, 4) is 11.1 Å². The Labute approximate surface area is 227 Å². The van der Waals surface area contributed by atoms with Gasteiger partial charge in [0.2, 0.25) is 5.91 Å². The van der Waals surface area contributed by atoms with Crippen LogP contribution in [0.2, 0.25) is 0 Å². The van der Waals surface area contributed by atoms with Crippen molar-refractivity contribution < 1.29 is 32.3 Å². The number of alkyl halides is 3. The maximum absolute atomic E-state index is 13.3. The monoisotopic (exact) mass is 553 g/mol. The second-order valence-corrected chi connectivity index (χ2v) is 9.69. The Bertz CT molecular complexity index is 1470. The van der Waals surface area contributed by atoms with Crippen molar-refractivity contribution in [3.63, 3.8) is 0 Å². The number of ether oxygens (including phenoxy) is 1. The number of nitrogens with zero attached hydrogens (tertiary/aromatic N) is 5. The third-order valence-corrected chi connectivity index (χ3v) is 7.05. The molecule has 0 bridgehead atoms. The molecule has 1 saturated heterocycles. The number of aromatic nitrogens is 1. The van der Waals surface area contributed by atoms with E-state index in [0.717, 1.165) is 31.8 Å². The van der Waals surface area contributed by atoms with Crippen LogP contribution in [0.4, 0.5) is 18.0 Å². The van der Waals surface area contributed by atoms with Crippen LogP contribution in [0.25, 0.3) is 22.0 Å². The molecule has 1 unspecified atom stereocenters. The van der Waals surface area contributed by atoms with E-state index in [1.54, 1.807) is 18.3 Å². The molecule has 5 rings (SSSR count). The van der Waals surface area contributed by atoms with E-state index in [9.17, 15) is 27.6 Å². The maximum Gasteiger partial charge on any atom is 0.471 e. The zero-order valence-electron chi connectivity index (χ0n) is 21.6. The fourth-order valence-electron chi connectivity index (χ4n) is 5.00. The van der Waals surface area contributed by atoms with Crippen molar-refractivity contribution in [2.45, 2.75) is 12.6 Å². The third kappa shape index (κ3) is 5.61. The number of aliphatic imine (C=N–C) groups is 1. The van der Waals surface area contributed by atoms with E-state index in [1.165, 1.54) is 12.0 Å². The highest BCUT2D eigenvalue weighted by Crippen LogP contribution is 2.27. The van der Waals surface area contributed by atoms with Crippen LogP contribution in [-0.2, 0) is 14.3 Å². The van der Waals surface area contributed by atoms with Crippen LogP contribution in [0.5, 0.6) is 0 Å². The lowest BCUT2D eigenvalue weighted by molar-refractivity contribution is -0.184. The van der Waals surface area contributed by atoms with Crippen molar-refractivity contribution in [2.75, 3.05) is 40.0 Å². The zero-order chi connectivity index (χ0) is 28.4. The number of rotatable bonds is 4. The van der Waals surface area contributed by atoms with Crippen LogP contribution in [0.1, 0.15) is 12.0 Å². The molecular formula is C28H26F3N5O4. The summed E-state index contributed by atoms with van der Waals surface area (Å²) in [4.78, 5) is 49.5. The molecule has 9 nitrogen and oxygen atoms in total. The van der Waals surface area contributed by atoms with E-state index in [0.29, 0.717) is 17.8 Å². The van der Waals surface area contributed by atoms with Gasteiger partial charge in [-0.25, -0.2) is 9.79 Å². The molecule has 0 spiro atoms. The molecule has 0 radical (unpaired) electrons. The molecule has 2 aromatic carbocycles. The van der Waals surface area contributed by atoms with E-state index in [-0.39, 0.29) is 32.8 Å². The van der Waals surface area contributed by atoms with Crippen molar-refractivity contribution in [2.24, 2.45) is 10.9 Å². The van der Waals surface area contributed by atoms with Crippen LogP contribution in [-0.4, -0.2) is 89.6 Å². The zero-order valence-corrected chi connectivity index (χ0v) is 21.6. The van der Waals surface area contributed by atoms with Gasteiger partial charge in [-0.15, -0.1) is 0 Å². The summed E-state index contributed by atoms with van der Waals surface area (Å²) in [5.41, 5.74) is 3.32. The van der Waals surface area contributed by atoms with Gasteiger partial charge in [-0.1, -0.05) is 42.5 Å². The Morgan fingerprint density at radius 2 is 1.75 bits per heavy atom. The predicted molar refractivity (Wildman–Crippen MR) is 140 cm³/mol. The number of carbonyl (C=O) groups excluding carboxylic acids is 3. The third-order valence-electron chi connectivity index (χ3n) is 7.05. The molecule has 1 fully saturated rings. The largest absolute Gasteiger partial charge is 0.471 e. The van der Waals surface area contributed by atoms with Gasteiger partial charge in [-0.05, 0) is 35.6 Å². The van der Waals surface area contributed by atoms with E-state index in [1.807, 2.05) is 42.5 Å². The molecule has 2 aliphatic rings. The number of likely N-dealkylation sites (tertiary alicyclic amines) is 1. The molecule has 208 valence electrons. The lowest BCUT2D eigenvalue weighted by Gasteiger charge is -2.26. The van der Waals surface area contributed by atoms with E-state index < -0.39 is 30.0 Å². The van der Waals surface area contributed by atoms with Crippen LogP contribution < -0.4 is 0 Å². The van der Waals surface area contributed by atoms with Gasteiger partial charge in [-0.3, -0.25) is 24.4 Å². The highest BCUT2D eigenvalue weighted by atomic mass is 19.4. The highest BCUT2D eigenvalue weighted by molar-refractivity contribution is 6.09. The average Bonchev–Trinajstić information content (AvgIpc) is 3.36. The summed E-state index contributed by atoms with van der Waals surface area (Å²) < 4.78 is 43.6. The number of hydrogen-bond donors (Lipinski definition) is 0. The molecule has 12 heteroatoms. The summed E-state index contributed by atoms with van der Waals surface area (Å²) in [7, 11) is 1.20. The summed E-state index contributed by atoms with van der Waals surface area (Å²) in [6.45, 7) is -0.579. The molecule has 40 heavy (non-hydrogen) atoms. The van der Waals surface area contributed by atoms with Crippen molar-refractivity contribution in [3.05, 3.63) is 66.4 Å². The fraction of sp³-hybridized carbons (Fsp3) is 0.321. The number of carbonyl (C=O) groups is 3. The number of methoxy groups -OCH3 is 1.